The highest BCUT2D eigenvalue weighted by molar-refractivity contribution is 6.37. The van der Waals surface area contributed by atoms with E-state index in [0.717, 1.165) is 67.5 Å². The molecule has 4 rings (SSSR count). The molecule has 1 N–H and O–H groups in total. The van der Waals surface area contributed by atoms with Gasteiger partial charge in [0, 0.05) is 43.7 Å². The molecule has 0 saturated carbocycles. The minimum atomic E-state index is -0.869. The highest BCUT2D eigenvalue weighted by atomic mass is 35.5. The van der Waals surface area contributed by atoms with E-state index in [9.17, 15) is 5.11 Å². The third-order valence-electron chi connectivity index (χ3n) is 6.93. The maximum atomic E-state index is 11.9. The van der Waals surface area contributed by atoms with Crippen molar-refractivity contribution < 1.29 is 14.6 Å². The highest BCUT2D eigenvalue weighted by Crippen LogP contribution is 2.34. The summed E-state index contributed by atoms with van der Waals surface area (Å²) in [6.07, 6.45) is 3.40. The summed E-state index contributed by atoms with van der Waals surface area (Å²) in [6.45, 7) is 5.58. The van der Waals surface area contributed by atoms with E-state index in [2.05, 4.69) is 41.0 Å². The number of nitrogens with zero attached hydrogens (tertiary/aromatic N) is 2. The van der Waals surface area contributed by atoms with E-state index in [1.54, 1.807) is 14.2 Å². The molecule has 1 aliphatic rings. The Bertz CT molecular complexity index is 1100. The van der Waals surface area contributed by atoms with Crippen LogP contribution in [-0.2, 0) is 6.42 Å². The number of aliphatic hydroxyl groups is 1. The molecular formula is C28H35ClN2O3. The van der Waals surface area contributed by atoms with E-state index in [1.165, 1.54) is 5.69 Å². The molecule has 0 amide bonds. The van der Waals surface area contributed by atoms with Crippen LogP contribution in [0.15, 0.2) is 54.6 Å². The van der Waals surface area contributed by atoms with Crippen LogP contribution in [-0.4, -0.2) is 56.1 Å². The zero-order valence-electron chi connectivity index (χ0n) is 20.4. The van der Waals surface area contributed by atoms with Crippen LogP contribution in [0.4, 0.5) is 5.69 Å². The first-order valence-electron chi connectivity index (χ1n) is 12.1. The van der Waals surface area contributed by atoms with Crippen molar-refractivity contribution >= 4 is 28.1 Å². The van der Waals surface area contributed by atoms with E-state index in [-0.39, 0.29) is 0 Å². The molecule has 1 heterocycles. The minimum absolute atomic E-state index is 0.592. The predicted molar refractivity (Wildman–Crippen MR) is 140 cm³/mol. The molecule has 3 aromatic carbocycles. The van der Waals surface area contributed by atoms with Gasteiger partial charge in [0.05, 0.1) is 19.2 Å². The van der Waals surface area contributed by atoms with Crippen LogP contribution >= 0.6 is 11.6 Å². The fourth-order valence-corrected chi connectivity index (χ4v) is 5.22. The normalized spacial score (nSPS) is 16.4. The van der Waals surface area contributed by atoms with Crippen LogP contribution in [0, 0.1) is 0 Å². The third kappa shape index (κ3) is 5.27. The van der Waals surface area contributed by atoms with Crippen LogP contribution < -0.4 is 14.4 Å². The zero-order valence-corrected chi connectivity index (χ0v) is 21.1. The van der Waals surface area contributed by atoms with E-state index < -0.39 is 5.72 Å². The standard InChI is InChI=1S/C28H35ClN2O3/c1-4-5-14-28(32,20-21-6-12-25-22(19-21)7-13-26(34-3)27(25)29)31-17-15-30(16-18-31)23-8-10-24(33-2)11-9-23/h6-13,19,32H,4-5,14-18,20H2,1-3H3. The Labute approximate surface area is 207 Å². The molecule has 6 heteroatoms. The Balaban J connectivity index is 1.50. The molecule has 1 unspecified atom stereocenters. The Morgan fingerprint density at radius 1 is 0.941 bits per heavy atom. The van der Waals surface area contributed by atoms with Gasteiger partial charge in [0.15, 0.2) is 0 Å². The molecule has 1 saturated heterocycles. The van der Waals surface area contributed by atoms with E-state index in [1.807, 2.05) is 30.3 Å². The van der Waals surface area contributed by atoms with Gasteiger partial charge in [-0.25, -0.2) is 0 Å². The first-order valence-corrected chi connectivity index (χ1v) is 12.5. The van der Waals surface area contributed by atoms with Crippen LogP contribution in [0.25, 0.3) is 10.8 Å². The van der Waals surface area contributed by atoms with Crippen molar-refractivity contribution in [1.82, 2.24) is 4.90 Å². The van der Waals surface area contributed by atoms with Gasteiger partial charge in [-0.1, -0.05) is 49.2 Å². The van der Waals surface area contributed by atoms with Gasteiger partial charge in [0.25, 0.3) is 0 Å². The lowest BCUT2D eigenvalue weighted by atomic mass is 9.93. The quantitative estimate of drug-likeness (QED) is 0.420. The topological polar surface area (TPSA) is 45.2 Å². The fraction of sp³-hybridized carbons (Fsp3) is 0.429. The summed E-state index contributed by atoms with van der Waals surface area (Å²) in [4.78, 5) is 4.65. The summed E-state index contributed by atoms with van der Waals surface area (Å²) in [5.74, 6) is 1.54. The van der Waals surface area contributed by atoms with E-state index in [0.29, 0.717) is 17.2 Å². The number of unbranched alkanes of at least 4 members (excludes halogenated alkanes) is 1. The summed E-state index contributed by atoms with van der Waals surface area (Å²) < 4.78 is 10.6. The number of rotatable bonds is 9. The second kappa shape index (κ2) is 10.9. The lowest BCUT2D eigenvalue weighted by Crippen LogP contribution is -2.58. The Morgan fingerprint density at radius 3 is 2.32 bits per heavy atom. The van der Waals surface area contributed by atoms with Gasteiger partial charge in [0.2, 0.25) is 0 Å². The highest BCUT2D eigenvalue weighted by Gasteiger charge is 2.36. The lowest BCUT2D eigenvalue weighted by Gasteiger charge is -2.45. The second-order valence-electron chi connectivity index (χ2n) is 9.07. The largest absolute Gasteiger partial charge is 0.497 e. The minimum Gasteiger partial charge on any atom is -0.497 e. The summed E-state index contributed by atoms with van der Waals surface area (Å²) >= 11 is 6.50. The number of methoxy groups -OCH3 is 2. The van der Waals surface area contributed by atoms with Gasteiger partial charge in [-0.05, 0) is 54.1 Å². The van der Waals surface area contributed by atoms with Crippen molar-refractivity contribution in [3.63, 3.8) is 0 Å². The SMILES string of the molecule is CCCCC(O)(Cc1ccc2c(Cl)c(OC)ccc2c1)N1CCN(c2ccc(OC)cc2)CC1. The average Bonchev–Trinajstić information content (AvgIpc) is 2.88. The summed E-state index contributed by atoms with van der Waals surface area (Å²) in [7, 11) is 3.32. The average molecular weight is 483 g/mol. The third-order valence-corrected chi connectivity index (χ3v) is 7.32. The number of anilines is 1. The van der Waals surface area contributed by atoms with Crippen LogP contribution in [0.2, 0.25) is 5.02 Å². The Morgan fingerprint density at radius 2 is 1.68 bits per heavy atom. The molecule has 0 aliphatic carbocycles. The van der Waals surface area contributed by atoms with Gasteiger partial charge in [-0.15, -0.1) is 0 Å². The summed E-state index contributed by atoms with van der Waals surface area (Å²) in [6, 6.07) is 18.4. The van der Waals surface area contributed by atoms with Crippen molar-refractivity contribution in [3.8, 4) is 11.5 Å². The second-order valence-corrected chi connectivity index (χ2v) is 9.45. The molecule has 0 radical (unpaired) electrons. The molecule has 182 valence electrons. The van der Waals surface area contributed by atoms with Crippen LogP contribution in [0.3, 0.4) is 0 Å². The number of benzene rings is 3. The summed E-state index contributed by atoms with van der Waals surface area (Å²) in [5, 5.41) is 14.6. The van der Waals surface area contributed by atoms with Crippen molar-refractivity contribution in [3.05, 3.63) is 65.2 Å². The maximum Gasteiger partial charge on any atom is 0.138 e. The van der Waals surface area contributed by atoms with Crippen LogP contribution in [0.5, 0.6) is 11.5 Å². The monoisotopic (exact) mass is 482 g/mol. The molecule has 0 aromatic heterocycles. The van der Waals surface area contributed by atoms with Crippen molar-refractivity contribution in [2.75, 3.05) is 45.3 Å². The number of halogens is 1. The number of ether oxygens (including phenoxy) is 2. The molecule has 34 heavy (non-hydrogen) atoms. The predicted octanol–water partition coefficient (Wildman–Crippen LogP) is 5.75. The molecule has 3 aromatic rings. The van der Waals surface area contributed by atoms with Gasteiger partial charge in [-0.3, -0.25) is 4.90 Å². The molecule has 0 bridgehead atoms. The first kappa shape index (κ1) is 24.6. The lowest BCUT2D eigenvalue weighted by molar-refractivity contribution is -0.117. The van der Waals surface area contributed by atoms with Gasteiger partial charge < -0.3 is 19.5 Å². The summed E-state index contributed by atoms with van der Waals surface area (Å²) in [5.41, 5.74) is 1.44. The molecule has 1 atom stereocenters. The molecular weight excluding hydrogens is 448 g/mol. The Kier molecular flexibility index (Phi) is 7.87. The smallest absolute Gasteiger partial charge is 0.138 e. The molecule has 1 fully saturated rings. The fourth-order valence-electron chi connectivity index (χ4n) is 4.91. The number of piperazine rings is 1. The van der Waals surface area contributed by atoms with Crippen LogP contribution in [0.1, 0.15) is 31.7 Å². The Hall–Kier alpha value is -2.47. The van der Waals surface area contributed by atoms with E-state index in [4.69, 9.17) is 21.1 Å². The van der Waals surface area contributed by atoms with Gasteiger partial charge in [-0.2, -0.15) is 0 Å². The number of hydrogen-bond acceptors (Lipinski definition) is 5. The molecule has 1 aliphatic heterocycles. The zero-order chi connectivity index (χ0) is 24.1. The first-order chi connectivity index (χ1) is 16.5. The van der Waals surface area contributed by atoms with Crippen molar-refractivity contribution in [2.24, 2.45) is 0 Å². The van der Waals surface area contributed by atoms with Crippen molar-refractivity contribution in [2.45, 2.75) is 38.3 Å². The molecule has 0 spiro atoms. The van der Waals surface area contributed by atoms with Gasteiger partial charge >= 0.3 is 0 Å². The number of fused-ring (bicyclic) bond motifs is 1. The van der Waals surface area contributed by atoms with Crippen molar-refractivity contribution in [1.29, 1.82) is 0 Å². The maximum absolute atomic E-state index is 11.9. The van der Waals surface area contributed by atoms with Gasteiger partial charge in [0.1, 0.15) is 17.2 Å². The number of hydrogen-bond donors (Lipinski definition) is 1. The van der Waals surface area contributed by atoms with E-state index >= 15 is 0 Å². The molecule has 5 nitrogen and oxygen atoms in total.